The Hall–Kier alpha value is -3.12. The molecule has 0 fully saturated rings. The van der Waals surface area contributed by atoms with Gasteiger partial charge < -0.3 is 14.5 Å². The summed E-state index contributed by atoms with van der Waals surface area (Å²) in [4.78, 5) is 23.0. The predicted octanol–water partition coefficient (Wildman–Crippen LogP) is 5.90. The Morgan fingerprint density at radius 1 is 0.938 bits per heavy atom. The standard InChI is InChI=1S/C26H26N2O3S/c1-30-19-12-8-17(9-13-19)16-31-20-14-10-18(11-15-20)24-27-25(29)23-21-6-4-2-3-5-7-22(21)32-26(23)28-24/h8-15H,2-7,16H2,1H3,(H,27,28,29). The van der Waals surface area contributed by atoms with Crippen molar-refractivity contribution in [3.8, 4) is 22.9 Å². The van der Waals surface area contributed by atoms with Crippen LogP contribution in [0.15, 0.2) is 53.3 Å². The minimum absolute atomic E-state index is 0.0251. The molecular weight excluding hydrogens is 420 g/mol. The summed E-state index contributed by atoms with van der Waals surface area (Å²) in [6.45, 7) is 0.477. The quantitative estimate of drug-likeness (QED) is 0.415. The van der Waals surface area contributed by atoms with E-state index in [-0.39, 0.29) is 5.56 Å². The van der Waals surface area contributed by atoms with Crippen LogP contribution in [-0.2, 0) is 19.4 Å². The van der Waals surface area contributed by atoms with Crippen molar-refractivity contribution < 1.29 is 9.47 Å². The van der Waals surface area contributed by atoms with E-state index in [0.717, 1.165) is 52.1 Å². The van der Waals surface area contributed by atoms with Gasteiger partial charge in [0, 0.05) is 10.4 Å². The second-order valence-corrected chi connectivity index (χ2v) is 9.26. The molecule has 0 radical (unpaired) electrons. The Bertz CT molecular complexity index is 1270. The first kappa shape index (κ1) is 20.8. The van der Waals surface area contributed by atoms with Crippen molar-refractivity contribution in [1.82, 2.24) is 9.97 Å². The van der Waals surface area contributed by atoms with Crippen LogP contribution in [0, 0.1) is 0 Å². The third-order valence-corrected chi connectivity index (χ3v) is 7.20. The number of aryl methyl sites for hydroxylation is 2. The molecular formula is C26H26N2O3S. The lowest BCUT2D eigenvalue weighted by Crippen LogP contribution is -2.10. The van der Waals surface area contributed by atoms with Crippen molar-refractivity contribution in [3.63, 3.8) is 0 Å². The number of ether oxygens (including phenoxy) is 2. The highest BCUT2D eigenvalue weighted by molar-refractivity contribution is 7.18. The van der Waals surface area contributed by atoms with Crippen LogP contribution >= 0.6 is 11.3 Å². The lowest BCUT2D eigenvalue weighted by atomic mass is 9.98. The monoisotopic (exact) mass is 446 g/mol. The Morgan fingerprint density at radius 3 is 2.41 bits per heavy atom. The zero-order valence-electron chi connectivity index (χ0n) is 18.1. The summed E-state index contributed by atoms with van der Waals surface area (Å²) in [5.41, 5.74) is 3.15. The van der Waals surface area contributed by atoms with Crippen molar-refractivity contribution in [3.05, 3.63) is 74.9 Å². The van der Waals surface area contributed by atoms with E-state index in [4.69, 9.17) is 14.5 Å². The van der Waals surface area contributed by atoms with E-state index in [2.05, 4.69) is 4.98 Å². The summed E-state index contributed by atoms with van der Waals surface area (Å²) in [7, 11) is 1.65. The maximum atomic E-state index is 13.0. The smallest absolute Gasteiger partial charge is 0.260 e. The van der Waals surface area contributed by atoms with Gasteiger partial charge in [-0.1, -0.05) is 25.0 Å². The number of H-pyrrole nitrogens is 1. The summed E-state index contributed by atoms with van der Waals surface area (Å²) < 4.78 is 11.1. The van der Waals surface area contributed by atoms with Crippen LogP contribution in [-0.4, -0.2) is 17.1 Å². The molecule has 0 saturated carbocycles. The van der Waals surface area contributed by atoms with Crippen LogP contribution in [0.2, 0.25) is 0 Å². The maximum absolute atomic E-state index is 13.0. The van der Waals surface area contributed by atoms with Gasteiger partial charge in [0.25, 0.3) is 5.56 Å². The molecule has 0 aliphatic heterocycles. The molecule has 0 bridgehead atoms. The van der Waals surface area contributed by atoms with E-state index in [0.29, 0.717) is 12.4 Å². The second-order valence-electron chi connectivity index (χ2n) is 8.17. The van der Waals surface area contributed by atoms with E-state index in [1.165, 1.54) is 29.7 Å². The first-order chi connectivity index (χ1) is 15.7. The Labute approximate surface area is 191 Å². The number of aromatic amines is 1. The van der Waals surface area contributed by atoms with Gasteiger partial charge in [0.2, 0.25) is 0 Å². The molecule has 1 aliphatic rings. The first-order valence-electron chi connectivity index (χ1n) is 11.1. The molecule has 4 aromatic rings. The number of hydrogen-bond donors (Lipinski definition) is 1. The molecule has 164 valence electrons. The van der Waals surface area contributed by atoms with Crippen LogP contribution in [0.4, 0.5) is 0 Å². The predicted molar refractivity (Wildman–Crippen MR) is 129 cm³/mol. The number of hydrogen-bond acceptors (Lipinski definition) is 5. The minimum Gasteiger partial charge on any atom is -0.497 e. The van der Waals surface area contributed by atoms with Gasteiger partial charge in [0.1, 0.15) is 28.8 Å². The van der Waals surface area contributed by atoms with Crippen molar-refractivity contribution in [1.29, 1.82) is 0 Å². The molecule has 6 heteroatoms. The lowest BCUT2D eigenvalue weighted by molar-refractivity contribution is 0.306. The van der Waals surface area contributed by atoms with Crippen molar-refractivity contribution >= 4 is 21.6 Å². The number of fused-ring (bicyclic) bond motifs is 3. The van der Waals surface area contributed by atoms with Gasteiger partial charge in [-0.25, -0.2) is 4.98 Å². The van der Waals surface area contributed by atoms with Crippen LogP contribution in [0.1, 0.15) is 41.7 Å². The molecule has 0 atom stereocenters. The molecule has 0 saturated heterocycles. The number of methoxy groups -OCH3 is 1. The zero-order valence-corrected chi connectivity index (χ0v) is 19.0. The van der Waals surface area contributed by atoms with Crippen molar-refractivity contribution in [2.45, 2.75) is 45.1 Å². The normalized spacial score (nSPS) is 13.9. The van der Waals surface area contributed by atoms with E-state index in [1.54, 1.807) is 18.4 Å². The largest absolute Gasteiger partial charge is 0.497 e. The van der Waals surface area contributed by atoms with E-state index in [1.807, 2.05) is 48.5 Å². The molecule has 0 unspecified atom stereocenters. The zero-order chi connectivity index (χ0) is 21.9. The SMILES string of the molecule is COc1ccc(COc2ccc(-c3nc4sc5c(c4c(=O)[nH]3)CCCCCC5)cc2)cc1. The van der Waals surface area contributed by atoms with Crippen LogP contribution in [0.3, 0.4) is 0 Å². The van der Waals surface area contributed by atoms with Gasteiger partial charge in [0.15, 0.2) is 0 Å². The van der Waals surface area contributed by atoms with E-state index in [9.17, 15) is 4.79 Å². The van der Waals surface area contributed by atoms with Crippen molar-refractivity contribution in [2.75, 3.05) is 7.11 Å². The fourth-order valence-electron chi connectivity index (χ4n) is 4.25. The highest BCUT2D eigenvalue weighted by Crippen LogP contribution is 2.33. The Kier molecular flexibility index (Phi) is 5.95. The van der Waals surface area contributed by atoms with E-state index < -0.39 is 0 Å². The molecule has 2 aromatic heterocycles. The third-order valence-electron chi connectivity index (χ3n) is 6.02. The van der Waals surface area contributed by atoms with Gasteiger partial charge in [0.05, 0.1) is 12.5 Å². The van der Waals surface area contributed by atoms with Crippen molar-refractivity contribution in [2.24, 2.45) is 0 Å². The Balaban J connectivity index is 1.36. The van der Waals surface area contributed by atoms with Gasteiger partial charge in [-0.15, -0.1) is 11.3 Å². The van der Waals surface area contributed by atoms with Gasteiger partial charge >= 0.3 is 0 Å². The highest BCUT2D eigenvalue weighted by atomic mass is 32.1. The molecule has 2 aromatic carbocycles. The van der Waals surface area contributed by atoms with Crippen LogP contribution in [0.5, 0.6) is 11.5 Å². The first-order valence-corrected chi connectivity index (χ1v) is 11.9. The summed E-state index contributed by atoms with van der Waals surface area (Å²) in [6, 6.07) is 15.5. The average Bonchev–Trinajstić information content (AvgIpc) is 3.15. The fourth-order valence-corrected chi connectivity index (χ4v) is 5.51. The number of nitrogens with one attached hydrogen (secondary N) is 1. The molecule has 1 aliphatic carbocycles. The molecule has 32 heavy (non-hydrogen) atoms. The summed E-state index contributed by atoms with van der Waals surface area (Å²) >= 11 is 1.69. The minimum atomic E-state index is -0.0251. The highest BCUT2D eigenvalue weighted by Gasteiger charge is 2.18. The topological polar surface area (TPSA) is 64.2 Å². The maximum Gasteiger partial charge on any atom is 0.260 e. The molecule has 5 rings (SSSR count). The lowest BCUT2D eigenvalue weighted by Gasteiger charge is -2.09. The fraction of sp³-hybridized carbons (Fsp3) is 0.308. The number of aromatic nitrogens is 2. The number of rotatable bonds is 5. The van der Waals surface area contributed by atoms with Gasteiger partial charge in [-0.3, -0.25) is 4.79 Å². The molecule has 2 heterocycles. The second kappa shape index (κ2) is 9.17. The number of benzene rings is 2. The van der Waals surface area contributed by atoms with Gasteiger partial charge in [-0.05, 0) is 73.2 Å². The average molecular weight is 447 g/mol. The van der Waals surface area contributed by atoms with Crippen LogP contribution in [0.25, 0.3) is 21.6 Å². The molecule has 5 nitrogen and oxygen atoms in total. The third kappa shape index (κ3) is 4.28. The molecule has 1 N–H and O–H groups in total. The summed E-state index contributed by atoms with van der Waals surface area (Å²) in [5, 5.41) is 0.801. The molecule has 0 amide bonds. The van der Waals surface area contributed by atoms with Crippen LogP contribution < -0.4 is 15.0 Å². The number of thiophene rings is 1. The Morgan fingerprint density at radius 2 is 1.66 bits per heavy atom. The van der Waals surface area contributed by atoms with E-state index >= 15 is 0 Å². The van der Waals surface area contributed by atoms with Gasteiger partial charge in [-0.2, -0.15) is 0 Å². The number of nitrogens with zero attached hydrogens (tertiary/aromatic N) is 1. The molecule has 0 spiro atoms. The summed E-state index contributed by atoms with van der Waals surface area (Å²) in [5.74, 6) is 2.21. The summed E-state index contributed by atoms with van der Waals surface area (Å²) in [6.07, 6.45) is 6.91.